The first kappa shape index (κ1) is 19.6. The van der Waals surface area contributed by atoms with E-state index >= 15 is 0 Å². The Morgan fingerprint density at radius 2 is 1.86 bits per heavy atom. The highest BCUT2D eigenvalue weighted by atomic mass is 32.2. The smallest absolute Gasteiger partial charge is 0.265 e. The lowest BCUT2D eigenvalue weighted by molar-refractivity contribution is 0.0951. The molecule has 0 bridgehead atoms. The molecule has 0 aliphatic rings. The summed E-state index contributed by atoms with van der Waals surface area (Å²) in [4.78, 5) is 12.5. The lowest BCUT2D eigenvalue weighted by Gasteiger charge is -2.10. The van der Waals surface area contributed by atoms with Gasteiger partial charge in [0.05, 0.1) is 11.9 Å². The average molecular weight is 398 g/mol. The number of carbonyl (C=O) groups is 1. The zero-order valence-corrected chi connectivity index (χ0v) is 16.5. The highest BCUT2D eigenvalue weighted by Crippen LogP contribution is 2.20. The third-order valence-corrected chi connectivity index (χ3v) is 5.80. The maximum absolute atomic E-state index is 12.7. The summed E-state index contributed by atoms with van der Waals surface area (Å²) in [6, 6.07) is 15.9. The van der Waals surface area contributed by atoms with E-state index in [4.69, 9.17) is 0 Å². The third kappa shape index (κ3) is 4.40. The molecule has 0 aliphatic heterocycles. The fourth-order valence-corrected chi connectivity index (χ4v) is 4.05. The number of hydrogen-bond acceptors (Lipinski definition) is 4. The molecule has 8 heteroatoms. The Morgan fingerprint density at radius 3 is 2.54 bits per heavy atom. The number of carbonyl (C=O) groups excluding carboxylic acids is 1. The first-order valence-corrected chi connectivity index (χ1v) is 10.4. The molecular weight excluding hydrogens is 376 g/mol. The molecule has 0 unspecified atom stereocenters. The van der Waals surface area contributed by atoms with E-state index < -0.39 is 10.0 Å². The maximum Gasteiger partial charge on any atom is 0.265 e. The molecule has 0 radical (unpaired) electrons. The largest absolute Gasteiger partial charge is 0.348 e. The summed E-state index contributed by atoms with van der Waals surface area (Å²) < 4.78 is 29.5. The fraction of sp³-hybridized carbons (Fsp3) is 0.200. The number of benzene rings is 2. The van der Waals surface area contributed by atoms with Gasteiger partial charge in [-0.2, -0.15) is 5.10 Å². The van der Waals surface area contributed by atoms with Crippen LogP contribution in [0.1, 0.15) is 28.5 Å². The molecule has 3 aromatic rings. The van der Waals surface area contributed by atoms with Gasteiger partial charge in [-0.15, -0.1) is 0 Å². The Hall–Kier alpha value is -3.13. The maximum atomic E-state index is 12.7. The van der Waals surface area contributed by atoms with Gasteiger partial charge in [-0.1, -0.05) is 36.4 Å². The van der Waals surface area contributed by atoms with Gasteiger partial charge in [0.25, 0.3) is 15.9 Å². The third-order valence-electron chi connectivity index (χ3n) is 4.32. The Labute approximate surface area is 164 Å². The molecule has 1 amide bonds. The zero-order chi connectivity index (χ0) is 20.1. The summed E-state index contributed by atoms with van der Waals surface area (Å²) >= 11 is 0. The predicted octanol–water partition coefficient (Wildman–Crippen LogP) is 2.94. The first-order valence-electron chi connectivity index (χ1n) is 8.88. The van der Waals surface area contributed by atoms with Crippen LogP contribution in [0.15, 0.2) is 65.7 Å². The molecule has 2 N–H and O–H groups in total. The van der Waals surface area contributed by atoms with Gasteiger partial charge in [-0.3, -0.25) is 14.2 Å². The Kier molecular flexibility index (Phi) is 5.79. The van der Waals surface area contributed by atoms with Crippen LogP contribution in [0.5, 0.6) is 0 Å². The second-order valence-electron chi connectivity index (χ2n) is 6.26. The zero-order valence-electron chi connectivity index (χ0n) is 15.7. The van der Waals surface area contributed by atoms with E-state index in [2.05, 4.69) is 15.1 Å². The first-order chi connectivity index (χ1) is 13.4. The molecule has 3 rings (SSSR count). The molecule has 0 saturated carbocycles. The van der Waals surface area contributed by atoms with Gasteiger partial charge in [0, 0.05) is 24.3 Å². The molecule has 1 heterocycles. The van der Waals surface area contributed by atoms with Crippen molar-refractivity contribution in [3.05, 3.63) is 77.6 Å². The van der Waals surface area contributed by atoms with Crippen molar-refractivity contribution in [2.24, 2.45) is 0 Å². The summed E-state index contributed by atoms with van der Waals surface area (Å²) in [7, 11) is -3.80. The summed E-state index contributed by atoms with van der Waals surface area (Å²) in [5.74, 6) is -0.278. The van der Waals surface area contributed by atoms with E-state index in [1.54, 1.807) is 29.8 Å². The number of aryl methyl sites for hydroxylation is 1. The second-order valence-corrected chi connectivity index (χ2v) is 7.92. The molecule has 0 spiro atoms. The van der Waals surface area contributed by atoms with Gasteiger partial charge in [-0.05, 0) is 37.6 Å². The summed E-state index contributed by atoms with van der Waals surface area (Å²) in [6.45, 7) is 4.57. The molecule has 7 nitrogen and oxygen atoms in total. The van der Waals surface area contributed by atoms with E-state index in [1.165, 1.54) is 12.3 Å². The SMILES string of the molecule is CCn1ncc(S(=O)(=O)Nc2cccc(C(=O)NCc3ccccc3)c2)c1C. The van der Waals surface area contributed by atoms with E-state index in [1.807, 2.05) is 37.3 Å². The monoisotopic (exact) mass is 398 g/mol. The molecule has 2 aromatic carbocycles. The minimum absolute atomic E-state index is 0.119. The van der Waals surface area contributed by atoms with Crippen LogP contribution in [-0.4, -0.2) is 24.1 Å². The van der Waals surface area contributed by atoms with Gasteiger partial charge in [0.15, 0.2) is 0 Å². The Bertz CT molecular complexity index is 1080. The molecule has 0 saturated heterocycles. The number of aromatic nitrogens is 2. The number of nitrogens with one attached hydrogen (secondary N) is 2. The summed E-state index contributed by atoms with van der Waals surface area (Å²) in [5.41, 5.74) is 2.23. The van der Waals surface area contributed by atoms with Gasteiger partial charge in [0.2, 0.25) is 0 Å². The lowest BCUT2D eigenvalue weighted by Crippen LogP contribution is -2.23. The Morgan fingerprint density at radius 1 is 1.11 bits per heavy atom. The molecule has 146 valence electrons. The summed E-state index contributed by atoms with van der Waals surface area (Å²) in [6.07, 6.45) is 1.33. The van der Waals surface area contributed by atoms with Crippen LogP contribution in [0.2, 0.25) is 0 Å². The number of rotatable bonds is 7. The van der Waals surface area contributed by atoms with Crippen molar-refractivity contribution in [2.45, 2.75) is 31.8 Å². The van der Waals surface area contributed by atoms with Crippen LogP contribution in [0, 0.1) is 6.92 Å². The highest BCUT2D eigenvalue weighted by molar-refractivity contribution is 7.92. The minimum atomic E-state index is -3.80. The van der Waals surface area contributed by atoms with Crippen molar-refractivity contribution in [1.82, 2.24) is 15.1 Å². The Balaban J connectivity index is 1.73. The minimum Gasteiger partial charge on any atom is -0.348 e. The quantitative estimate of drug-likeness (QED) is 0.640. The van der Waals surface area contributed by atoms with Crippen LogP contribution in [0.25, 0.3) is 0 Å². The van der Waals surface area contributed by atoms with Crippen molar-refractivity contribution in [2.75, 3.05) is 4.72 Å². The van der Waals surface area contributed by atoms with Crippen LogP contribution in [-0.2, 0) is 23.1 Å². The lowest BCUT2D eigenvalue weighted by atomic mass is 10.2. The number of amides is 1. The molecule has 0 atom stereocenters. The summed E-state index contributed by atoms with van der Waals surface area (Å²) in [5, 5.41) is 6.90. The predicted molar refractivity (Wildman–Crippen MR) is 108 cm³/mol. The van der Waals surface area contributed by atoms with E-state index in [9.17, 15) is 13.2 Å². The molecule has 28 heavy (non-hydrogen) atoms. The standard InChI is InChI=1S/C20H22N4O3S/c1-3-24-15(2)19(14-22-24)28(26,27)23-18-11-7-10-17(12-18)20(25)21-13-16-8-5-4-6-9-16/h4-12,14,23H,3,13H2,1-2H3,(H,21,25). The van der Waals surface area contributed by atoms with E-state index in [0.29, 0.717) is 30.0 Å². The molecule has 0 fully saturated rings. The van der Waals surface area contributed by atoms with Crippen LogP contribution in [0.4, 0.5) is 5.69 Å². The molecule has 1 aromatic heterocycles. The van der Waals surface area contributed by atoms with Gasteiger partial charge >= 0.3 is 0 Å². The van der Waals surface area contributed by atoms with Crippen molar-refractivity contribution in [1.29, 1.82) is 0 Å². The average Bonchev–Trinajstić information content (AvgIpc) is 3.08. The molecule has 0 aliphatic carbocycles. The van der Waals surface area contributed by atoms with Crippen LogP contribution < -0.4 is 10.0 Å². The highest BCUT2D eigenvalue weighted by Gasteiger charge is 2.21. The van der Waals surface area contributed by atoms with Crippen molar-refractivity contribution in [3.63, 3.8) is 0 Å². The van der Waals surface area contributed by atoms with Crippen molar-refractivity contribution >= 4 is 21.6 Å². The number of nitrogens with zero attached hydrogens (tertiary/aromatic N) is 2. The topological polar surface area (TPSA) is 93.1 Å². The normalized spacial score (nSPS) is 11.2. The van der Waals surface area contributed by atoms with Gasteiger partial charge in [-0.25, -0.2) is 8.42 Å². The fourth-order valence-electron chi connectivity index (χ4n) is 2.83. The molecular formula is C20H22N4O3S. The number of anilines is 1. The van der Waals surface area contributed by atoms with Crippen LogP contribution >= 0.6 is 0 Å². The van der Waals surface area contributed by atoms with Crippen molar-refractivity contribution < 1.29 is 13.2 Å². The second kappa shape index (κ2) is 8.26. The van der Waals surface area contributed by atoms with E-state index in [0.717, 1.165) is 5.56 Å². The van der Waals surface area contributed by atoms with Crippen molar-refractivity contribution in [3.8, 4) is 0 Å². The van der Waals surface area contributed by atoms with Gasteiger partial charge < -0.3 is 5.32 Å². The number of hydrogen-bond donors (Lipinski definition) is 2. The van der Waals surface area contributed by atoms with E-state index in [-0.39, 0.29) is 10.8 Å². The number of sulfonamides is 1. The van der Waals surface area contributed by atoms with Crippen LogP contribution in [0.3, 0.4) is 0 Å². The van der Waals surface area contributed by atoms with Gasteiger partial charge in [0.1, 0.15) is 4.90 Å².